The number of hydrogen-bond donors (Lipinski definition) is 2. The summed E-state index contributed by atoms with van der Waals surface area (Å²) >= 11 is 1.28. The number of benzene rings is 1. The highest BCUT2D eigenvalue weighted by molar-refractivity contribution is 7.97. The van der Waals surface area contributed by atoms with Crippen molar-refractivity contribution in [2.45, 2.75) is 11.8 Å². The summed E-state index contributed by atoms with van der Waals surface area (Å²) in [4.78, 5) is 12.2. The normalized spacial score (nSPS) is 14.1. The Hall–Kier alpha value is -1.62. The molecule has 0 spiro atoms. The van der Waals surface area contributed by atoms with Crippen molar-refractivity contribution in [3.63, 3.8) is 0 Å². The molecule has 0 aromatic heterocycles. The molecule has 1 aliphatic rings. The van der Waals surface area contributed by atoms with E-state index in [9.17, 15) is 9.90 Å². The van der Waals surface area contributed by atoms with Crippen LogP contribution in [0.2, 0.25) is 0 Å². The maximum Gasteiger partial charge on any atom is 0.358 e. The molecule has 1 heterocycles. The third kappa shape index (κ3) is 1.74. The molecule has 1 aromatic rings. The zero-order chi connectivity index (χ0) is 11.7. The summed E-state index contributed by atoms with van der Waals surface area (Å²) in [5.74, 6) is -0.638. The summed E-state index contributed by atoms with van der Waals surface area (Å²) in [6, 6.07) is 5.68. The van der Waals surface area contributed by atoms with Crippen molar-refractivity contribution in [2.24, 2.45) is 0 Å². The first kappa shape index (κ1) is 10.9. The van der Waals surface area contributed by atoms with E-state index in [2.05, 4.69) is 9.46 Å². The van der Waals surface area contributed by atoms with Crippen LogP contribution in [0, 0.1) is 6.92 Å². The number of nitrogens with one attached hydrogen (secondary N) is 1. The van der Waals surface area contributed by atoms with Crippen molar-refractivity contribution < 1.29 is 14.6 Å². The van der Waals surface area contributed by atoms with Crippen LogP contribution in [0.1, 0.15) is 11.1 Å². The monoisotopic (exact) mass is 237 g/mol. The molecule has 0 amide bonds. The lowest BCUT2D eigenvalue weighted by atomic mass is 10.1. The maximum atomic E-state index is 11.4. The molecule has 4 nitrogen and oxygen atoms in total. The Bertz CT molecular complexity index is 482. The van der Waals surface area contributed by atoms with Gasteiger partial charge >= 0.3 is 5.97 Å². The van der Waals surface area contributed by atoms with Crippen molar-refractivity contribution in [3.05, 3.63) is 35.0 Å². The second kappa shape index (κ2) is 4.09. The van der Waals surface area contributed by atoms with Gasteiger partial charge in [-0.15, -0.1) is 0 Å². The highest BCUT2D eigenvalue weighted by Gasteiger charge is 2.24. The number of rotatable bonds is 1. The zero-order valence-corrected chi connectivity index (χ0v) is 9.72. The number of carbonyl (C=O) groups excluding carboxylic acids is 1. The number of ether oxygens (including phenoxy) is 1. The van der Waals surface area contributed by atoms with Gasteiger partial charge in [0.25, 0.3) is 0 Å². The predicted octanol–water partition coefficient (Wildman–Crippen LogP) is 2.00. The zero-order valence-electron chi connectivity index (χ0n) is 8.90. The van der Waals surface area contributed by atoms with Crippen molar-refractivity contribution >= 4 is 23.7 Å². The third-order valence-corrected chi connectivity index (χ3v) is 3.16. The number of methoxy groups -OCH3 is 1. The molecule has 2 N–H and O–H groups in total. The van der Waals surface area contributed by atoms with Crippen LogP contribution in [-0.2, 0) is 9.53 Å². The van der Waals surface area contributed by atoms with E-state index in [4.69, 9.17) is 0 Å². The number of carbonyl (C=O) groups is 1. The van der Waals surface area contributed by atoms with Gasteiger partial charge in [0.05, 0.1) is 7.11 Å². The van der Waals surface area contributed by atoms with E-state index >= 15 is 0 Å². The van der Waals surface area contributed by atoms with Gasteiger partial charge in [0, 0.05) is 10.5 Å². The Morgan fingerprint density at radius 2 is 2.25 bits per heavy atom. The van der Waals surface area contributed by atoms with Gasteiger partial charge < -0.3 is 14.6 Å². The summed E-state index contributed by atoms with van der Waals surface area (Å²) in [5, 5.41) is 9.95. The van der Waals surface area contributed by atoms with E-state index in [1.165, 1.54) is 19.1 Å². The van der Waals surface area contributed by atoms with E-state index in [-0.39, 0.29) is 11.5 Å². The first-order chi connectivity index (χ1) is 7.63. The summed E-state index contributed by atoms with van der Waals surface area (Å²) in [5.41, 5.74) is 1.77. The molecule has 0 atom stereocenters. The van der Waals surface area contributed by atoms with Gasteiger partial charge in [0.15, 0.2) is 11.5 Å². The lowest BCUT2D eigenvalue weighted by Gasteiger charge is -2.19. The summed E-state index contributed by atoms with van der Waals surface area (Å²) in [6.07, 6.45) is 0. The number of aryl methyl sites for hydroxylation is 1. The predicted molar refractivity (Wildman–Crippen MR) is 61.7 cm³/mol. The molecule has 0 fully saturated rings. The Kier molecular flexibility index (Phi) is 2.78. The molecule has 0 aliphatic carbocycles. The number of aliphatic hydroxyl groups is 1. The SMILES string of the molecule is COC(=O)C1=C(O)c2cc(C)ccc2SN1. The van der Waals surface area contributed by atoms with Gasteiger partial charge in [-0.3, -0.25) is 0 Å². The molecule has 0 bridgehead atoms. The number of esters is 1. The van der Waals surface area contributed by atoms with Gasteiger partial charge in [-0.2, -0.15) is 0 Å². The average molecular weight is 237 g/mol. The minimum Gasteiger partial charge on any atom is -0.505 e. The molecule has 16 heavy (non-hydrogen) atoms. The largest absolute Gasteiger partial charge is 0.505 e. The second-order valence-electron chi connectivity index (χ2n) is 3.42. The van der Waals surface area contributed by atoms with Gasteiger partial charge in [-0.25, -0.2) is 4.79 Å². The highest BCUT2D eigenvalue weighted by Crippen LogP contribution is 2.33. The smallest absolute Gasteiger partial charge is 0.358 e. The molecule has 1 aliphatic heterocycles. The Morgan fingerprint density at radius 3 is 2.94 bits per heavy atom. The summed E-state index contributed by atoms with van der Waals surface area (Å²) in [7, 11) is 1.28. The molecule has 84 valence electrons. The lowest BCUT2D eigenvalue weighted by molar-refractivity contribution is -0.136. The Balaban J connectivity index is 2.52. The number of hydrogen-bond acceptors (Lipinski definition) is 5. The fraction of sp³-hybridized carbons (Fsp3) is 0.182. The minimum absolute atomic E-state index is 0.0655. The van der Waals surface area contributed by atoms with Crippen LogP contribution in [0.5, 0.6) is 0 Å². The van der Waals surface area contributed by atoms with Crippen molar-refractivity contribution in [1.29, 1.82) is 0 Å². The van der Waals surface area contributed by atoms with Crippen molar-refractivity contribution in [2.75, 3.05) is 7.11 Å². The van der Waals surface area contributed by atoms with Gasteiger partial charge in [-0.1, -0.05) is 11.6 Å². The van der Waals surface area contributed by atoms with Gasteiger partial charge in [0.1, 0.15) is 0 Å². The van der Waals surface area contributed by atoms with E-state index in [1.54, 1.807) is 0 Å². The molecule has 0 radical (unpaired) electrons. The standard InChI is InChI=1S/C11H11NO3S/c1-6-3-4-8-7(5-6)10(13)9(12-16-8)11(14)15-2/h3-5,12-13H,1-2H3. The minimum atomic E-state index is -0.572. The van der Waals surface area contributed by atoms with Crippen LogP contribution in [0.4, 0.5) is 0 Å². The van der Waals surface area contributed by atoms with Gasteiger partial charge in [-0.05, 0) is 31.0 Å². The van der Waals surface area contributed by atoms with Crippen molar-refractivity contribution in [1.82, 2.24) is 4.72 Å². The van der Waals surface area contributed by atoms with E-state index < -0.39 is 5.97 Å². The molecule has 0 saturated carbocycles. The summed E-state index contributed by atoms with van der Waals surface area (Å²) < 4.78 is 7.34. The quantitative estimate of drug-likeness (QED) is 0.578. The van der Waals surface area contributed by atoms with Crippen LogP contribution in [0.3, 0.4) is 0 Å². The average Bonchev–Trinajstić information content (AvgIpc) is 2.29. The molecule has 2 rings (SSSR count). The molecule has 1 aromatic carbocycles. The van der Waals surface area contributed by atoms with E-state index in [1.807, 2.05) is 25.1 Å². The van der Waals surface area contributed by atoms with Gasteiger partial charge in [0.2, 0.25) is 0 Å². The number of fused-ring (bicyclic) bond motifs is 1. The summed E-state index contributed by atoms with van der Waals surface area (Å²) in [6.45, 7) is 1.93. The number of aliphatic hydroxyl groups excluding tert-OH is 1. The van der Waals surface area contributed by atoms with Crippen LogP contribution in [0.25, 0.3) is 5.76 Å². The topological polar surface area (TPSA) is 58.6 Å². The van der Waals surface area contributed by atoms with Crippen LogP contribution < -0.4 is 4.72 Å². The fourth-order valence-corrected chi connectivity index (χ4v) is 2.24. The Labute approximate surface area is 97.4 Å². The highest BCUT2D eigenvalue weighted by atomic mass is 32.2. The van der Waals surface area contributed by atoms with Crippen molar-refractivity contribution in [3.8, 4) is 0 Å². The molecular formula is C11H11NO3S. The van der Waals surface area contributed by atoms with Crippen LogP contribution in [0.15, 0.2) is 28.8 Å². The van der Waals surface area contributed by atoms with Crippen LogP contribution in [-0.4, -0.2) is 18.2 Å². The maximum absolute atomic E-state index is 11.4. The first-order valence-corrected chi connectivity index (χ1v) is 5.50. The first-order valence-electron chi connectivity index (χ1n) is 4.69. The second-order valence-corrected chi connectivity index (χ2v) is 4.27. The van der Waals surface area contributed by atoms with E-state index in [0.29, 0.717) is 5.56 Å². The lowest BCUT2D eigenvalue weighted by Crippen LogP contribution is -2.21. The molecule has 0 saturated heterocycles. The molecular weight excluding hydrogens is 226 g/mol. The molecule has 5 heteroatoms. The third-order valence-electron chi connectivity index (χ3n) is 2.28. The fourth-order valence-electron chi connectivity index (χ4n) is 1.45. The molecule has 0 unspecified atom stereocenters. The van der Waals surface area contributed by atoms with E-state index in [0.717, 1.165) is 10.5 Å². The Morgan fingerprint density at radius 1 is 1.50 bits per heavy atom. The van der Waals surface area contributed by atoms with Crippen LogP contribution >= 0.6 is 11.9 Å².